The number of carbonyl (C=O) groups is 2. The summed E-state index contributed by atoms with van der Waals surface area (Å²) in [6.45, 7) is 1.82. The SMILES string of the molecule is CCc1ccccc1-n1c(SCC(=O)NCC(=O)OC)nc2ccccc2c1=O. The van der Waals surface area contributed by atoms with Crippen LogP contribution in [0.25, 0.3) is 16.6 Å². The fourth-order valence-electron chi connectivity index (χ4n) is 2.87. The zero-order valence-electron chi connectivity index (χ0n) is 16.2. The molecule has 7 nitrogen and oxygen atoms in total. The smallest absolute Gasteiger partial charge is 0.325 e. The first kappa shape index (κ1) is 20.6. The molecule has 0 radical (unpaired) electrons. The van der Waals surface area contributed by atoms with Crippen LogP contribution in [0.5, 0.6) is 0 Å². The van der Waals surface area contributed by atoms with Gasteiger partial charge in [-0.1, -0.05) is 49.0 Å². The standard InChI is InChI=1S/C21H21N3O4S/c1-3-14-8-4-7-11-17(14)24-20(27)15-9-5-6-10-16(15)23-21(24)29-13-18(25)22-12-19(26)28-2/h4-11H,3,12-13H2,1-2H3,(H,22,25). The largest absolute Gasteiger partial charge is 0.468 e. The van der Waals surface area contributed by atoms with E-state index in [1.165, 1.54) is 7.11 Å². The molecule has 3 aromatic rings. The molecule has 0 bridgehead atoms. The van der Waals surface area contributed by atoms with Crippen molar-refractivity contribution in [3.05, 3.63) is 64.4 Å². The first-order valence-electron chi connectivity index (χ1n) is 9.11. The van der Waals surface area contributed by atoms with E-state index in [0.717, 1.165) is 29.4 Å². The zero-order valence-corrected chi connectivity index (χ0v) is 17.0. The summed E-state index contributed by atoms with van der Waals surface area (Å²) in [7, 11) is 1.26. The van der Waals surface area contributed by atoms with E-state index < -0.39 is 5.97 Å². The van der Waals surface area contributed by atoms with Crippen molar-refractivity contribution in [1.29, 1.82) is 0 Å². The Morgan fingerprint density at radius 1 is 1.14 bits per heavy atom. The van der Waals surface area contributed by atoms with Crippen LogP contribution < -0.4 is 10.9 Å². The van der Waals surface area contributed by atoms with Crippen molar-refractivity contribution in [2.75, 3.05) is 19.4 Å². The molecule has 8 heteroatoms. The second-order valence-electron chi connectivity index (χ2n) is 6.18. The van der Waals surface area contributed by atoms with Crippen molar-refractivity contribution in [2.24, 2.45) is 0 Å². The van der Waals surface area contributed by atoms with Gasteiger partial charge in [0.15, 0.2) is 5.16 Å². The maximum absolute atomic E-state index is 13.3. The molecule has 0 aliphatic heterocycles. The fraction of sp³-hybridized carbons (Fsp3) is 0.238. The molecule has 0 aliphatic carbocycles. The van der Waals surface area contributed by atoms with Crippen LogP contribution in [-0.4, -0.2) is 40.8 Å². The van der Waals surface area contributed by atoms with E-state index >= 15 is 0 Å². The molecule has 0 unspecified atom stereocenters. The minimum atomic E-state index is -0.527. The minimum Gasteiger partial charge on any atom is -0.468 e. The molecule has 1 amide bonds. The number of esters is 1. The zero-order chi connectivity index (χ0) is 20.8. The number of benzene rings is 2. The van der Waals surface area contributed by atoms with Crippen molar-refractivity contribution in [3.8, 4) is 5.69 Å². The Morgan fingerprint density at radius 2 is 1.86 bits per heavy atom. The lowest BCUT2D eigenvalue weighted by Crippen LogP contribution is -2.31. The predicted molar refractivity (Wildman–Crippen MR) is 112 cm³/mol. The summed E-state index contributed by atoms with van der Waals surface area (Å²) in [5, 5.41) is 3.42. The molecule has 0 fully saturated rings. The molecule has 3 rings (SSSR count). The summed E-state index contributed by atoms with van der Waals surface area (Å²) in [6.07, 6.45) is 0.749. The van der Waals surface area contributed by atoms with Crippen molar-refractivity contribution >= 4 is 34.5 Å². The predicted octanol–water partition coefficient (Wildman–Crippen LogP) is 2.33. The summed E-state index contributed by atoms with van der Waals surface area (Å²) >= 11 is 1.15. The van der Waals surface area contributed by atoms with Gasteiger partial charge in [0, 0.05) is 0 Å². The molecule has 2 aromatic carbocycles. The summed E-state index contributed by atoms with van der Waals surface area (Å²) in [4.78, 5) is 41.2. The molecule has 1 aromatic heterocycles. The summed E-state index contributed by atoms with van der Waals surface area (Å²) in [5.74, 6) is -0.866. The Morgan fingerprint density at radius 3 is 2.62 bits per heavy atom. The molecular formula is C21H21N3O4S. The van der Waals surface area contributed by atoms with Gasteiger partial charge in [0.25, 0.3) is 5.56 Å². The number of nitrogens with one attached hydrogen (secondary N) is 1. The monoisotopic (exact) mass is 411 g/mol. The van der Waals surface area contributed by atoms with Gasteiger partial charge in [-0.25, -0.2) is 4.98 Å². The number of amides is 1. The number of hydrogen-bond donors (Lipinski definition) is 1. The summed E-state index contributed by atoms with van der Waals surface area (Å²) in [5.41, 5.74) is 2.13. The topological polar surface area (TPSA) is 90.3 Å². The normalized spacial score (nSPS) is 10.7. The van der Waals surface area contributed by atoms with Gasteiger partial charge in [0.1, 0.15) is 6.54 Å². The van der Waals surface area contributed by atoms with Crippen LogP contribution >= 0.6 is 11.8 Å². The third-order valence-corrected chi connectivity index (χ3v) is 5.29. The average molecular weight is 411 g/mol. The van der Waals surface area contributed by atoms with Crippen LogP contribution in [0, 0.1) is 0 Å². The van der Waals surface area contributed by atoms with Crippen LogP contribution in [-0.2, 0) is 20.7 Å². The highest BCUT2D eigenvalue weighted by Gasteiger charge is 2.16. The second-order valence-corrected chi connectivity index (χ2v) is 7.12. The number of aromatic nitrogens is 2. The number of ether oxygens (including phenoxy) is 1. The van der Waals surface area contributed by atoms with Crippen LogP contribution in [0.4, 0.5) is 0 Å². The van der Waals surface area contributed by atoms with Crippen molar-refractivity contribution in [2.45, 2.75) is 18.5 Å². The molecular weight excluding hydrogens is 390 g/mol. The van der Waals surface area contributed by atoms with E-state index in [1.807, 2.05) is 37.3 Å². The Kier molecular flexibility index (Phi) is 6.66. The van der Waals surface area contributed by atoms with Crippen molar-refractivity contribution < 1.29 is 14.3 Å². The van der Waals surface area contributed by atoms with E-state index in [0.29, 0.717) is 16.1 Å². The Balaban J connectivity index is 2.00. The van der Waals surface area contributed by atoms with Gasteiger partial charge >= 0.3 is 5.97 Å². The number of carbonyl (C=O) groups excluding carboxylic acids is 2. The second kappa shape index (κ2) is 9.38. The molecule has 0 saturated heterocycles. The van der Waals surface area contributed by atoms with Crippen LogP contribution in [0.1, 0.15) is 12.5 Å². The maximum atomic E-state index is 13.3. The van der Waals surface area contributed by atoms with Crippen molar-refractivity contribution in [3.63, 3.8) is 0 Å². The van der Waals surface area contributed by atoms with Crippen LogP contribution in [0.2, 0.25) is 0 Å². The van der Waals surface area contributed by atoms with Gasteiger partial charge in [0.05, 0.1) is 29.5 Å². The van der Waals surface area contributed by atoms with E-state index in [9.17, 15) is 14.4 Å². The lowest BCUT2D eigenvalue weighted by atomic mass is 10.1. The van der Waals surface area contributed by atoms with E-state index in [-0.39, 0.29) is 23.8 Å². The van der Waals surface area contributed by atoms with E-state index in [2.05, 4.69) is 15.0 Å². The quantitative estimate of drug-likeness (QED) is 0.365. The third-order valence-electron chi connectivity index (χ3n) is 4.35. The lowest BCUT2D eigenvalue weighted by molar-refractivity contribution is -0.140. The maximum Gasteiger partial charge on any atom is 0.325 e. The third kappa shape index (κ3) is 4.65. The van der Waals surface area contributed by atoms with Crippen LogP contribution in [0.15, 0.2) is 58.5 Å². The number of methoxy groups -OCH3 is 1. The number of para-hydroxylation sites is 2. The number of hydrogen-bond acceptors (Lipinski definition) is 6. The number of nitrogens with zero attached hydrogens (tertiary/aromatic N) is 2. The average Bonchev–Trinajstić information content (AvgIpc) is 2.76. The first-order chi connectivity index (χ1) is 14.0. The van der Waals surface area contributed by atoms with Gasteiger partial charge in [0.2, 0.25) is 5.91 Å². The van der Waals surface area contributed by atoms with Gasteiger partial charge in [-0.15, -0.1) is 0 Å². The fourth-order valence-corrected chi connectivity index (χ4v) is 3.71. The number of aryl methyl sites for hydroxylation is 1. The first-order valence-corrected chi connectivity index (χ1v) is 10.1. The highest BCUT2D eigenvalue weighted by Crippen LogP contribution is 2.23. The summed E-state index contributed by atoms with van der Waals surface area (Å²) < 4.78 is 6.07. The molecule has 0 spiro atoms. The van der Waals surface area contributed by atoms with Crippen molar-refractivity contribution in [1.82, 2.24) is 14.9 Å². The number of thioether (sulfide) groups is 1. The van der Waals surface area contributed by atoms with Gasteiger partial charge in [-0.2, -0.15) is 0 Å². The molecule has 0 saturated carbocycles. The molecule has 1 N–H and O–H groups in total. The molecule has 0 atom stereocenters. The molecule has 150 valence electrons. The Labute approximate surface area is 172 Å². The Hall–Kier alpha value is -3.13. The van der Waals surface area contributed by atoms with Gasteiger partial charge in [-0.05, 0) is 30.2 Å². The number of fused-ring (bicyclic) bond motifs is 1. The highest BCUT2D eigenvalue weighted by atomic mass is 32.2. The Bertz CT molecular complexity index is 1110. The van der Waals surface area contributed by atoms with Gasteiger partial charge in [-0.3, -0.25) is 19.0 Å². The van der Waals surface area contributed by atoms with Gasteiger partial charge < -0.3 is 10.1 Å². The molecule has 29 heavy (non-hydrogen) atoms. The van der Waals surface area contributed by atoms with Crippen LogP contribution in [0.3, 0.4) is 0 Å². The number of rotatable bonds is 7. The minimum absolute atomic E-state index is 0.00999. The highest BCUT2D eigenvalue weighted by molar-refractivity contribution is 7.99. The lowest BCUT2D eigenvalue weighted by Gasteiger charge is -2.15. The molecule has 0 aliphatic rings. The van der Waals surface area contributed by atoms with E-state index in [4.69, 9.17) is 0 Å². The molecule has 1 heterocycles. The van der Waals surface area contributed by atoms with E-state index in [1.54, 1.807) is 22.8 Å². The summed E-state index contributed by atoms with van der Waals surface area (Å²) in [6, 6.07) is 14.8.